The minimum Gasteiger partial charge on any atom is -0.341 e. The second kappa shape index (κ2) is 10.4. The molecule has 10 heteroatoms. The molecule has 4 rings (SSSR count). The van der Waals surface area contributed by atoms with Gasteiger partial charge in [-0.25, -0.2) is 0 Å². The summed E-state index contributed by atoms with van der Waals surface area (Å²) in [6, 6.07) is 15.6. The minimum absolute atomic E-state index is 0.0809. The molecule has 0 aliphatic carbocycles. The van der Waals surface area contributed by atoms with E-state index in [4.69, 9.17) is 4.52 Å². The minimum atomic E-state index is -4.35. The molecular formula is C23H23F3N4O2S. The van der Waals surface area contributed by atoms with Crippen LogP contribution in [0.2, 0.25) is 0 Å². The number of amides is 1. The summed E-state index contributed by atoms with van der Waals surface area (Å²) in [7, 11) is 0. The maximum atomic E-state index is 12.8. The van der Waals surface area contributed by atoms with Gasteiger partial charge in [-0.05, 0) is 48.0 Å². The first-order chi connectivity index (χ1) is 15.9. The summed E-state index contributed by atoms with van der Waals surface area (Å²) < 4.78 is 43.2. The molecule has 6 nitrogen and oxygen atoms in total. The number of halogens is 3. The fourth-order valence-electron chi connectivity index (χ4n) is 3.73. The van der Waals surface area contributed by atoms with Crippen LogP contribution in [0.25, 0.3) is 11.5 Å². The van der Waals surface area contributed by atoms with Crippen molar-refractivity contribution < 1.29 is 22.5 Å². The van der Waals surface area contributed by atoms with Crippen molar-refractivity contribution in [3.8, 4) is 11.5 Å². The van der Waals surface area contributed by atoms with E-state index in [1.165, 1.54) is 12.1 Å². The van der Waals surface area contributed by atoms with Crippen LogP contribution in [0, 0.1) is 0 Å². The number of hydrogen-bond acceptors (Lipinski definition) is 6. The summed E-state index contributed by atoms with van der Waals surface area (Å²) in [5.41, 5.74) is -2.91. The van der Waals surface area contributed by atoms with Gasteiger partial charge in [0.25, 0.3) is 5.89 Å². The second-order valence-corrected chi connectivity index (χ2v) is 8.90. The normalized spacial score (nSPS) is 15.4. The smallest absolute Gasteiger partial charge is 0.341 e. The van der Waals surface area contributed by atoms with Crippen molar-refractivity contribution in [2.45, 2.75) is 29.8 Å². The molecule has 174 valence electrons. The molecule has 1 aromatic heterocycles. The number of aromatic nitrogens is 2. The lowest BCUT2D eigenvalue weighted by Gasteiger charge is -2.21. The molecule has 1 amide bonds. The van der Waals surface area contributed by atoms with Crippen molar-refractivity contribution in [2.75, 3.05) is 26.2 Å². The van der Waals surface area contributed by atoms with Gasteiger partial charge in [-0.15, -0.1) is 0 Å². The Kier molecular flexibility index (Phi) is 7.34. The molecule has 3 aromatic rings. The molecule has 1 aliphatic heterocycles. The number of nitrogens with zero attached hydrogens (tertiary/aromatic N) is 4. The number of alkyl halides is 3. The van der Waals surface area contributed by atoms with Gasteiger partial charge >= 0.3 is 5.51 Å². The topological polar surface area (TPSA) is 62.5 Å². The molecule has 0 saturated carbocycles. The third kappa shape index (κ3) is 6.82. The first-order valence-electron chi connectivity index (χ1n) is 10.6. The third-order valence-corrected chi connectivity index (χ3v) is 6.00. The summed E-state index contributed by atoms with van der Waals surface area (Å²) in [5, 5.41) is 4.07. The highest BCUT2D eigenvalue weighted by Crippen LogP contribution is 2.37. The SMILES string of the molecule is O=C(Cc1cccc(SC(F)(F)F)c1)N1CCCN(Cc2noc(-c3ccccc3)n2)CC1. The highest BCUT2D eigenvalue weighted by atomic mass is 32.2. The number of carbonyl (C=O) groups is 1. The van der Waals surface area contributed by atoms with Gasteiger partial charge in [0.1, 0.15) is 0 Å². The Hall–Kier alpha value is -2.85. The highest BCUT2D eigenvalue weighted by Gasteiger charge is 2.29. The molecule has 0 atom stereocenters. The Morgan fingerprint density at radius 2 is 1.85 bits per heavy atom. The van der Waals surface area contributed by atoms with Gasteiger partial charge in [-0.1, -0.05) is 35.5 Å². The zero-order chi connectivity index (χ0) is 23.3. The lowest BCUT2D eigenvalue weighted by molar-refractivity contribution is -0.130. The molecule has 33 heavy (non-hydrogen) atoms. The quantitative estimate of drug-likeness (QED) is 0.484. The maximum absolute atomic E-state index is 12.8. The molecule has 0 unspecified atom stereocenters. The van der Waals surface area contributed by atoms with Crippen LogP contribution in [0.15, 0.2) is 64.0 Å². The van der Waals surface area contributed by atoms with Crippen molar-refractivity contribution in [1.82, 2.24) is 19.9 Å². The van der Waals surface area contributed by atoms with Gasteiger partial charge in [0, 0.05) is 36.6 Å². The number of carbonyl (C=O) groups excluding carboxylic acids is 1. The Balaban J connectivity index is 1.31. The Morgan fingerprint density at radius 3 is 2.64 bits per heavy atom. The van der Waals surface area contributed by atoms with Crippen LogP contribution in [0.3, 0.4) is 0 Å². The predicted octanol–water partition coefficient (Wildman–Crippen LogP) is 4.63. The Bertz CT molecular complexity index is 1070. The summed E-state index contributed by atoms with van der Waals surface area (Å²) in [4.78, 5) is 21.3. The van der Waals surface area contributed by atoms with Crippen LogP contribution >= 0.6 is 11.8 Å². The number of thioether (sulfide) groups is 1. The molecular weight excluding hydrogens is 453 g/mol. The summed E-state index contributed by atoms with van der Waals surface area (Å²) in [6.07, 6.45) is 0.872. The monoisotopic (exact) mass is 476 g/mol. The lowest BCUT2D eigenvalue weighted by Crippen LogP contribution is -2.36. The Morgan fingerprint density at radius 1 is 1.03 bits per heavy atom. The van der Waals surface area contributed by atoms with Crippen LogP contribution in [-0.4, -0.2) is 57.5 Å². The van der Waals surface area contributed by atoms with Crippen molar-refractivity contribution >= 4 is 17.7 Å². The Labute approximate surface area is 193 Å². The maximum Gasteiger partial charge on any atom is 0.446 e. The first-order valence-corrected chi connectivity index (χ1v) is 11.4. The molecule has 1 aliphatic rings. The van der Waals surface area contributed by atoms with Crippen molar-refractivity contribution in [3.63, 3.8) is 0 Å². The fraction of sp³-hybridized carbons (Fsp3) is 0.348. The molecule has 1 saturated heterocycles. The molecule has 0 spiro atoms. The molecule has 0 radical (unpaired) electrons. The van der Waals surface area contributed by atoms with Gasteiger partial charge in [-0.2, -0.15) is 18.2 Å². The fourth-order valence-corrected chi connectivity index (χ4v) is 4.36. The van der Waals surface area contributed by atoms with Crippen molar-refractivity contribution in [1.29, 1.82) is 0 Å². The number of rotatable bonds is 6. The van der Waals surface area contributed by atoms with E-state index >= 15 is 0 Å². The van der Waals surface area contributed by atoms with Gasteiger partial charge < -0.3 is 9.42 Å². The van der Waals surface area contributed by atoms with Crippen LogP contribution in [-0.2, 0) is 17.8 Å². The highest BCUT2D eigenvalue weighted by molar-refractivity contribution is 8.00. The van der Waals surface area contributed by atoms with Gasteiger partial charge in [0.2, 0.25) is 5.91 Å². The van der Waals surface area contributed by atoms with Gasteiger partial charge in [0.15, 0.2) is 5.82 Å². The summed E-state index contributed by atoms with van der Waals surface area (Å²) >= 11 is -0.169. The van der Waals surface area contributed by atoms with Gasteiger partial charge in [0.05, 0.1) is 13.0 Å². The van der Waals surface area contributed by atoms with E-state index in [2.05, 4.69) is 15.0 Å². The van der Waals surface area contributed by atoms with Crippen LogP contribution in [0.1, 0.15) is 17.8 Å². The van der Waals surface area contributed by atoms with Crippen LogP contribution < -0.4 is 0 Å². The molecule has 0 bridgehead atoms. The van der Waals surface area contributed by atoms with E-state index in [-0.39, 0.29) is 29.0 Å². The van der Waals surface area contributed by atoms with E-state index < -0.39 is 5.51 Å². The van der Waals surface area contributed by atoms with Crippen LogP contribution in [0.4, 0.5) is 13.2 Å². The zero-order valence-electron chi connectivity index (χ0n) is 17.8. The van der Waals surface area contributed by atoms with E-state index in [0.29, 0.717) is 43.5 Å². The molecule has 2 aromatic carbocycles. The molecule has 2 heterocycles. The molecule has 0 N–H and O–H groups in total. The predicted molar refractivity (Wildman–Crippen MR) is 118 cm³/mol. The van der Waals surface area contributed by atoms with E-state index in [9.17, 15) is 18.0 Å². The largest absolute Gasteiger partial charge is 0.446 e. The van der Waals surface area contributed by atoms with Crippen molar-refractivity contribution in [3.05, 3.63) is 66.0 Å². The lowest BCUT2D eigenvalue weighted by atomic mass is 10.1. The molecule has 1 fully saturated rings. The first kappa shape index (κ1) is 23.3. The van der Waals surface area contributed by atoms with Gasteiger partial charge in [-0.3, -0.25) is 9.69 Å². The summed E-state index contributed by atoms with van der Waals surface area (Å²) in [6.45, 7) is 3.11. The number of benzene rings is 2. The average molecular weight is 477 g/mol. The van der Waals surface area contributed by atoms with Crippen LogP contribution in [0.5, 0.6) is 0 Å². The zero-order valence-corrected chi connectivity index (χ0v) is 18.6. The number of hydrogen-bond donors (Lipinski definition) is 0. The van der Waals surface area contributed by atoms with E-state index in [0.717, 1.165) is 18.5 Å². The van der Waals surface area contributed by atoms with E-state index in [1.807, 2.05) is 30.3 Å². The third-order valence-electron chi connectivity index (χ3n) is 5.28. The standard InChI is InChI=1S/C23H23F3N4O2S/c24-23(25,26)33-19-9-4-6-17(14-19)15-21(31)30-11-5-10-29(12-13-30)16-20-27-22(32-28-20)18-7-2-1-3-8-18/h1-4,6-9,14H,5,10-13,15-16H2. The average Bonchev–Trinajstić information content (AvgIpc) is 3.11. The summed E-state index contributed by atoms with van der Waals surface area (Å²) in [5.74, 6) is 0.979. The van der Waals surface area contributed by atoms with Crippen molar-refractivity contribution in [2.24, 2.45) is 0 Å². The van der Waals surface area contributed by atoms with E-state index in [1.54, 1.807) is 17.0 Å². The second-order valence-electron chi connectivity index (χ2n) is 7.76.